The van der Waals surface area contributed by atoms with Gasteiger partial charge in [0.05, 0.1) is 35.2 Å². The van der Waals surface area contributed by atoms with Gasteiger partial charge in [-0.15, -0.1) is 0 Å². The van der Waals surface area contributed by atoms with Crippen molar-refractivity contribution in [2.75, 3.05) is 24.7 Å². The first-order valence-corrected chi connectivity index (χ1v) is 12.0. The lowest BCUT2D eigenvalue weighted by Crippen LogP contribution is -2.35. The molecule has 4 rings (SSSR count). The van der Waals surface area contributed by atoms with E-state index in [-0.39, 0.29) is 5.91 Å². The summed E-state index contributed by atoms with van der Waals surface area (Å²) in [6.07, 6.45) is 5.15. The lowest BCUT2D eigenvalue weighted by molar-refractivity contribution is -0.117. The number of carbonyl (C=O) groups excluding carboxylic acids is 1. The molecule has 1 atom stereocenters. The average Bonchev–Trinajstić information content (AvgIpc) is 3.37. The van der Waals surface area contributed by atoms with Crippen molar-refractivity contribution in [3.8, 4) is 28.8 Å². The number of hydrogen-bond donors (Lipinski definition) is 4. The highest BCUT2D eigenvalue weighted by Gasteiger charge is 2.17. The number of likely N-dealkylation sites (N-methyl/N-ethyl adjacent to an activating group) is 1. The molecule has 0 fully saturated rings. The molecule has 0 spiro atoms. The zero-order valence-corrected chi connectivity index (χ0v) is 21.9. The van der Waals surface area contributed by atoms with Crippen LogP contribution in [-0.2, 0) is 4.79 Å². The molecule has 0 aliphatic rings. The summed E-state index contributed by atoms with van der Waals surface area (Å²) in [5.41, 5.74) is 5.85. The van der Waals surface area contributed by atoms with Crippen molar-refractivity contribution >= 4 is 23.1 Å². The van der Waals surface area contributed by atoms with Crippen LogP contribution in [0.25, 0.3) is 16.9 Å². The molecule has 0 saturated carbocycles. The van der Waals surface area contributed by atoms with Gasteiger partial charge in [-0.25, -0.2) is 19.9 Å². The van der Waals surface area contributed by atoms with Crippen LogP contribution in [0, 0.1) is 24.2 Å². The van der Waals surface area contributed by atoms with Crippen LogP contribution in [0.3, 0.4) is 0 Å². The Balaban J connectivity index is 1.74. The van der Waals surface area contributed by atoms with Crippen LogP contribution in [0.2, 0.25) is 0 Å². The number of carbonyl (C=O) groups is 1. The van der Waals surface area contributed by atoms with Crippen LogP contribution in [-0.4, -0.2) is 56.3 Å². The third-order valence-corrected chi connectivity index (χ3v) is 5.84. The van der Waals surface area contributed by atoms with Crippen LogP contribution < -0.4 is 16.0 Å². The van der Waals surface area contributed by atoms with Gasteiger partial charge in [-0.2, -0.15) is 0 Å². The second kappa shape index (κ2) is 11.5. The van der Waals surface area contributed by atoms with Gasteiger partial charge in [-0.3, -0.25) is 4.79 Å². The molecule has 38 heavy (non-hydrogen) atoms. The van der Waals surface area contributed by atoms with E-state index < -0.39 is 6.04 Å². The van der Waals surface area contributed by atoms with Gasteiger partial charge in [0.1, 0.15) is 23.5 Å². The minimum atomic E-state index is -0.410. The number of nitrogens with zero attached hydrogens (tertiary/aromatic N) is 5. The third kappa shape index (κ3) is 5.91. The fourth-order valence-corrected chi connectivity index (χ4v) is 3.70. The monoisotopic (exact) mass is 507 g/mol. The van der Waals surface area contributed by atoms with Crippen LogP contribution in [0.15, 0.2) is 55.2 Å². The summed E-state index contributed by atoms with van der Waals surface area (Å²) < 4.78 is 1.95. The van der Waals surface area contributed by atoms with Crippen LogP contribution in [0.1, 0.15) is 36.5 Å². The molecule has 4 N–H and O–H groups in total. The van der Waals surface area contributed by atoms with Gasteiger partial charge < -0.3 is 25.9 Å². The summed E-state index contributed by atoms with van der Waals surface area (Å²) in [6, 6.07) is 10.9. The molecule has 10 nitrogen and oxygen atoms in total. The van der Waals surface area contributed by atoms with E-state index in [4.69, 9.17) is 5.41 Å². The van der Waals surface area contributed by atoms with Gasteiger partial charge >= 0.3 is 0 Å². The first-order chi connectivity index (χ1) is 18.3. The summed E-state index contributed by atoms with van der Waals surface area (Å²) in [7, 11) is 3.47. The molecule has 3 aromatic heterocycles. The molecule has 1 unspecified atom stereocenters. The van der Waals surface area contributed by atoms with Gasteiger partial charge in [0.15, 0.2) is 0 Å². The topological polar surface area (TPSA) is 134 Å². The number of imidazole rings is 1. The van der Waals surface area contributed by atoms with E-state index in [1.807, 2.05) is 42.0 Å². The second-order valence-electron chi connectivity index (χ2n) is 8.67. The lowest BCUT2D eigenvalue weighted by atomic mass is 10.1. The summed E-state index contributed by atoms with van der Waals surface area (Å²) >= 11 is 0. The normalized spacial score (nSPS) is 11.3. The molecule has 3 heterocycles. The van der Waals surface area contributed by atoms with Gasteiger partial charge in [-0.1, -0.05) is 5.92 Å². The van der Waals surface area contributed by atoms with E-state index in [1.165, 1.54) is 6.33 Å². The van der Waals surface area contributed by atoms with E-state index in [9.17, 15) is 4.79 Å². The molecular weight excluding hydrogens is 478 g/mol. The largest absolute Gasteiger partial charge is 0.385 e. The maximum absolute atomic E-state index is 12.6. The molecule has 0 aliphatic heterocycles. The lowest BCUT2D eigenvalue weighted by Gasteiger charge is -2.14. The molecule has 10 heteroatoms. The van der Waals surface area contributed by atoms with Gasteiger partial charge in [-0.05, 0) is 70.1 Å². The average molecular weight is 508 g/mol. The Morgan fingerprint density at radius 2 is 1.84 bits per heavy atom. The maximum atomic E-state index is 12.6. The van der Waals surface area contributed by atoms with E-state index >= 15 is 0 Å². The standard InChI is InChI=1S/C28H29N9O/c1-17-14-37(16-34-17)23-10-7-20(8-11-23)6-9-22-12-21(13-24(35-22)36-28(38)19(3)30-4)26-27(31-5)25(18(2)29)32-15-33-26/h7-8,10-16,19,29-31H,1-5H3,(H,35,36,38). The van der Waals surface area contributed by atoms with E-state index in [0.717, 1.165) is 16.9 Å². The van der Waals surface area contributed by atoms with E-state index in [0.29, 0.717) is 39.9 Å². The molecule has 0 aliphatic carbocycles. The molecule has 4 aromatic rings. The Morgan fingerprint density at radius 3 is 2.47 bits per heavy atom. The SMILES string of the molecule is CNc1c(C(C)=N)ncnc1-c1cc(C#Cc2ccc(-n3cnc(C)c3)cc2)nc(NC(=O)C(C)NC)c1. The Morgan fingerprint density at radius 1 is 1.08 bits per heavy atom. The van der Waals surface area contributed by atoms with Crippen molar-refractivity contribution in [2.24, 2.45) is 0 Å². The highest BCUT2D eigenvalue weighted by molar-refractivity contribution is 6.02. The molecular formula is C28H29N9O. The number of pyridine rings is 1. The Kier molecular flexibility index (Phi) is 7.89. The highest BCUT2D eigenvalue weighted by atomic mass is 16.2. The summed E-state index contributed by atoms with van der Waals surface area (Å²) in [4.78, 5) is 30.1. The number of anilines is 2. The Bertz CT molecular complexity index is 1540. The first kappa shape index (κ1) is 26.2. The summed E-state index contributed by atoms with van der Waals surface area (Å²) in [5, 5.41) is 17.0. The molecule has 1 aromatic carbocycles. The second-order valence-corrected chi connectivity index (χ2v) is 8.67. The number of benzene rings is 1. The van der Waals surface area contributed by atoms with Crippen molar-refractivity contribution in [1.29, 1.82) is 5.41 Å². The molecule has 0 bridgehead atoms. The van der Waals surface area contributed by atoms with Crippen molar-refractivity contribution in [1.82, 2.24) is 29.8 Å². The van der Waals surface area contributed by atoms with Crippen molar-refractivity contribution < 1.29 is 4.79 Å². The zero-order chi connectivity index (χ0) is 27.2. The smallest absolute Gasteiger partial charge is 0.242 e. The minimum Gasteiger partial charge on any atom is -0.385 e. The van der Waals surface area contributed by atoms with E-state index in [2.05, 4.69) is 47.7 Å². The Labute approximate surface area is 221 Å². The van der Waals surface area contributed by atoms with Gasteiger partial charge in [0.25, 0.3) is 0 Å². The fourth-order valence-electron chi connectivity index (χ4n) is 3.70. The molecule has 192 valence electrons. The first-order valence-electron chi connectivity index (χ1n) is 12.0. The summed E-state index contributed by atoms with van der Waals surface area (Å²) in [5.74, 6) is 6.38. The maximum Gasteiger partial charge on any atom is 0.242 e. The van der Waals surface area contributed by atoms with Crippen molar-refractivity contribution in [2.45, 2.75) is 26.8 Å². The van der Waals surface area contributed by atoms with Crippen molar-refractivity contribution in [3.63, 3.8) is 0 Å². The van der Waals surface area contributed by atoms with Crippen LogP contribution >= 0.6 is 0 Å². The molecule has 0 saturated heterocycles. The predicted octanol–water partition coefficient (Wildman–Crippen LogP) is 3.41. The number of hydrogen-bond acceptors (Lipinski definition) is 8. The number of aryl methyl sites for hydroxylation is 1. The van der Waals surface area contributed by atoms with Crippen LogP contribution in [0.4, 0.5) is 11.5 Å². The highest BCUT2D eigenvalue weighted by Crippen LogP contribution is 2.29. The number of amides is 1. The molecule has 1 amide bonds. The zero-order valence-electron chi connectivity index (χ0n) is 21.9. The Hall–Kier alpha value is -4.88. The van der Waals surface area contributed by atoms with Crippen LogP contribution in [0.5, 0.6) is 0 Å². The van der Waals surface area contributed by atoms with E-state index in [1.54, 1.807) is 46.4 Å². The summed E-state index contributed by atoms with van der Waals surface area (Å²) in [6.45, 7) is 5.37. The van der Waals surface area contributed by atoms with Gasteiger partial charge in [0, 0.05) is 30.1 Å². The quantitative estimate of drug-likeness (QED) is 0.222. The number of aromatic nitrogens is 5. The molecule has 0 radical (unpaired) electrons. The number of rotatable bonds is 7. The fraction of sp³-hybridized carbons (Fsp3) is 0.214. The predicted molar refractivity (Wildman–Crippen MR) is 149 cm³/mol. The van der Waals surface area contributed by atoms with Crippen molar-refractivity contribution in [3.05, 3.63) is 77.9 Å². The number of nitrogens with one attached hydrogen (secondary N) is 4. The van der Waals surface area contributed by atoms with Gasteiger partial charge in [0.2, 0.25) is 5.91 Å². The minimum absolute atomic E-state index is 0.228. The third-order valence-electron chi connectivity index (χ3n) is 5.84.